The van der Waals surface area contributed by atoms with Gasteiger partial charge in [0, 0.05) is 17.4 Å². The van der Waals surface area contributed by atoms with Crippen LogP contribution < -0.4 is 20.1 Å². The largest absolute Gasteiger partial charge is 0.454 e. The zero-order chi connectivity index (χ0) is 17.4. The second-order valence-electron chi connectivity index (χ2n) is 5.84. The summed E-state index contributed by atoms with van der Waals surface area (Å²) in [6, 6.07) is 10.9. The first-order valence-corrected chi connectivity index (χ1v) is 8.74. The number of rotatable bonds is 4. The number of hydrogen-bond donors (Lipinski definition) is 2. The van der Waals surface area contributed by atoms with E-state index in [1.165, 1.54) is 0 Å². The van der Waals surface area contributed by atoms with Gasteiger partial charge in [-0.05, 0) is 44.2 Å². The summed E-state index contributed by atoms with van der Waals surface area (Å²) in [6.45, 7) is 4.02. The topological polar surface area (TPSA) is 72.5 Å². The number of anilines is 2. The Balaban J connectivity index is 1.44. The predicted octanol–water partition coefficient (Wildman–Crippen LogP) is 3.77. The molecule has 0 radical (unpaired) electrons. The van der Waals surface area contributed by atoms with E-state index in [0.717, 1.165) is 20.9 Å². The van der Waals surface area contributed by atoms with Crippen LogP contribution >= 0.6 is 11.3 Å². The molecule has 0 saturated carbocycles. The van der Waals surface area contributed by atoms with Crippen molar-refractivity contribution in [2.75, 3.05) is 17.4 Å². The molecule has 2 heterocycles. The maximum absolute atomic E-state index is 12.4. The van der Waals surface area contributed by atoms with Crippen molar-refractivity contribution in [1.82, 2.24) is 4.98 Å². The first-order chi connectivity index (χ1) is 12.1. The van der Waals surface area contributed by atoms with Crippen LogP contribution in [0, 0.1) is 6.92 Å². The Bertz CT molecular complexity index is 954. The van der Waals surface area contributed by atoms with E-state index in [1.807, 2.05) is 32.0 Å². The van der Waals surface area contributed by atoms with Gasteiger partial charge in [-0.15, -0.1) is 11.3 Å². The van der Waals surface area contributed by atoms with E-state index in [1.54, 1.807) is 29.5 Å². The first-order valence-electron chi connectivity index (χ1n) is 7.93. The van der Waals surface area contributed by atoms with Crippen LogP contribution in [0.25, 0.3) is 10.2 Å². The molecule has 0 saturated heterocycles. The molecule has 1 aliphatic rings. The van der Waals surface area contributed by atoms with Gasteiger partial charge in [-0.1, -0.05) is 0 Å². The highest BCUT2D eigenvalue weighted by atomic mass is 32.1. The van der Waals surface area contributed by atoms with Gasteiger partial charge in [-0.25, -0.2) is 4.98 Å². The first kappa shape index (κ1) is 15.7. The second-order valence-corrected chi connectivity index (χ2v) is 7.07. The van der Waals surface area contributed by atoms with Crippen molar-refractivity contribution >= 4 is 38.8 Å². The van der Waals surface area contributed by atoms with E-state index in [-0.39, 0.29) is 12.7 Å². The summed E-state index contributed by atoms with van der Waals surface area (Å²) in [7, 11) is 0. The van der Waals surface area contributed by atoms with Crippen molar-refractivity contribution in [3.63, 3.8) is 0 Å². The van der Waals surface area contributed by atoms with Crippen molar-refractivity contribution in [1.29, 1.82) is 0 Å². The Morgan fingerprint density at radius 3 is 2.84 bits per heavy atom. The minimum atomic E-state index is -0.392. The molecule has 2 N–H and O–H groups in total. The molecule has 0 bridgehead atoms. The molecule has 0 fully saturated rings. The number of nitrogens with zero attached hydrogens (tertiary/aromatic N) is 1. The molecule has 0 spiro atoms. The summed E-state index contributed by atoms with van der Waals surface area (Å²) in [6.07, 6.45) is 0. The SMILES string of the molecule is Cc1nc2ccc(N[C@@H](C)C(=O)Nc3ccc4c(c3)OCO4)cc2s1. The van der Waals surface area contributed by atoms with Gasteiger partial charge in [0.2, 0.25) is 12.7 Å². The normalized spacial score (nSPS) is 13.7. The molecule has 128 valence electrons. The molecule has 0 aliphatic carbocycles. The minimum absolute atomic E-state index is 0.126. The number of aromatic nitrogens is 1. The van der Waals surface area contributed by atoms with Crippen molar-refractivity contribution < 1.29 is 14.3 Å². The van der Waals surface area contributed by atoms with Crippen molar-refractivity contribution in [3.05, 3.63) is 41.4 Å². The van der Waals surface area contributed by atoms with E-state index in [9.17, 15) is 4.79 Å². The summed E-state index contributed by atoms with van der Waals surface area (Å²) < 4.78 is 11.7. The van der Waals surface area contributed by atoms with Crippen molar-refractivity contribution in [3.8, 4) is 11.5 Å². The average Bonchev–Trinajstić information content (AvgIpc) is 3.19. The molecule has 3 aromatic rings. The molecular weight excluding hydrogens is 338 g/mol. The molecule has 4 rings (SSSR count). The van der Waals surface area contributed by atoms with Crippen LogP contribution in [0.4, 0.5) is 11.4 Å². The van der Waals surface area contributed by atoms with Gasteiger partial charge in [-0.3, -0.25) is 4.79 Å². The zero-order valence-corrected chi connectivity index (χ0v) is 14.6. The number of nitrogens with one attached hydrogen (secondary N) is 2. The van der Waals surface area contributed by atoms with E-state index in [4.69, 9.17) is 9.47 Å². The van der Waals surface area contributed by atoms with Gasteiger partial charge in [-0.2, -0.15) is 0 Å². The Labute approximate surface area is 148 Å². The number of ether oxygens (including phenoxy) is 2. The maximum atomic E-state index is 12.4. The summed E-state index contributed by atoms with van der Waals surface area (Å²) in [5.41, 5.74) is 2.55. The van der Waals surface area contributed by atoms with Crippen LogP contribution in [0.5, 0.6) is 11.5 Å². The fraction of sp³-hybridized carbons (Fsp3) is 0.222. The Morgan fingerprint density at radius 2 is 1.96 bits per heavy atom. The predicted molar refractivity (Wildman–Crippen MR) is 98.6 cm³/mol. The number of hydrogen-bond acceptors (Lipinski definition) is 6. The highest BCUT2D eigenvalue weighted by molar-refractivity contribution is 7.18. The van der Waals surface area contributed by atoms with Crippen molar-refractivity contribution in [2.45, 2.75) is 19.9 Å². The number of carbonyl (C=O) groups excluding carboxylic acids is 1. The third-order valence-electron chi connectivity index (χ3n) is 3.91. The van der Waals surface area contributed by atoms with Crippen LogP contribution in [0.1, 0.15) is 11.9 Å². The van der Waals surface area contributed by atoms with Crippen LogP contribution in [0.2, 0.25) is 0 Å². The number of amides is 1. The number of thiazole rings is 1. The number of benzene rings is 2. The van der Waals surface area contributed by atoms with Crippen molar-refractivity contribution in [2.24, 2.45) is 0 Å². The second kappa shape index (κ2) is 6.25. The summed E-state index contributed by atoms with van der Waals surface area (Å²) in [5, 5.41) is 7.14. The Morgan fingerprint density at radius 1 is 1.16 bits per heavy atom. The molecule has 0 unspecified atom stereocenters. The molecule has 1 amide bonds. The molecule has 1 atom stereocenters. The molecule has 25 heavy (non-hydrogen) atoms. The summed E-state index contributed by atoms with van der Waals surface area (Å²) in [5.74, 6) is 1.21. The highest BCUT2D eigenvalue weighted by Crippen LogP contribution is 2.34. The van der Waals surface area contributed by atoms with Crippen LogP contribution in [-0.2, 0) is 4.79 Å². The van der Waals surface area contributed by atoms with Crippen LogP contribution in [0.15, 0.2) is 36.4 Å². The molecule has 1 aromatic heterocycles. The third kappa shape index (κ3) is 3.23. The van der Waals surface area contributed by atoms with Gasteiger partial charge in [0.25, 0.3) is 0 Å². The van der Waals surface area contributed by atoms with Gasteiger partial charge in [0.15, 0.2) is 11.5 Å². The molecule has 6 nitrogen and oxygen atoms in total. The van der Waals surface area contributed by atoms with Crippen LogP contribution in [0.3, 0.4) is 0 Å². The monoisotopic (exact) mass is 355 g/mol. The lowest BCUT2D eigenvalue weighted by Crippen LogP contribution is -2.31. The van der Waals surface area contributed by atoms with Gasteiger partial charge in [0.05, 0.1) is 15.2 Å². The van der Waals surface area contributed by atoms with Crippen LogP contribution in [-0.4, -0.2) is 23.7 Å². The Hall–Kier alpha value is -2.80. The third-order valence-corrected chi connectivity index (χ3v) is 4.85. The quantitative estimate of drug-likeness (QED) is 0.745. The Kier molecular flexibility index (Phi) is 3.93. The molecule has 1 aliphatic heterocycles. The van der Waals surface area contributed by atoms with E-state index in [2.05, 4.69) is 15.6 Å². The molecule has 2 aromatic carbocycles. The van der Waals surface area contributed by atoms with Gasteiger partial charge < -0.3 is 20.1 Å². The smallest absolute Gasteiger partial charge is 0.246 e. The molecule has 7 heteroatoms. The number of aryl methyl sites for hydroxylation is 1. The lowest BCUT2D eigenvalue weighted by Gasteiger charge is -2.15. The number of carbonyl (C=O) groups is 1. The maximum Gasteiger partial charge on any atom is 0.246 e. The van der Waals surface area contributed by atoms with E-state index in [0.29, 0.717) is 17.2 Å². The zero-order valence-electron chi connectivity index (χ0n) is 13.8. The fourth-order valence-corrected chi connectivity index (χ4v) is 3.54. The minimum Gasteiger partial charge on any atom is -0.454 e. The summed E-state index contributed by atoms with van der Waals surface area (Å²) >= 11 is 1.64. The van der Waals surface area contributed by atoms with Gasteiger partial charge >= 0.3 is 0 Å². The number of fused-ring (bicyclic) bond motifs is 2. The highest BCUT2D eigenvalue weighted by Gasteiger charge is 2.17. The average molecular weight is 355 g/mol. The standard InChI is InChI=1S/C18H17N3O3S/c1-10(19-13-3-5-14-17(8-13)25-11(2)20-14)18(22)21-12-4-6-15-16(7-12)24-9-23-15/h3-8,10,19H,9H2,1-2H3,(H,21,22)/t10-/m0/s1. The fourth-order valence-electron chi connectivity index (χ4n) is 2.67. The van der Waals surface area contributed by atoms with Gasteiger partial charge in [0.1, 0.15) is 6.04 Å². The molecular formula is C18H17N3O3S. The lowest BCUT2D eigenvalue weighted by molar-refractivity contribution is -0.116. The van der Waals surface area contributed by atoms with E-state index >= 15 is 0 Å². The summed E-state index contributed by atoms with van der Waals surface area (Å²) in [4.78, 5) is 16.9. The van der Waals surface area contributed by atoms with E-state index < -0.39 is 6.04 Å². The lowest BCUT2D eigenvalue weighted by atomic mass is 10.2.